The van der Waals surface area contributed by atoms with Crippen molar-refractivity contribution in [3.05, 3.63) is 29.3 Å². The number of carbonyl (C=O) groups excluding carboxylic acids is 1. The summed E-state index contributed by atoms with van der Waals surface area (Å²) in [4.78, 5) is 14.3. The SMILES string of the molecule is CC(N)C1CCCN(CCC(=O)Nc2cccc(Cl)c2)C1. The Bertz CT molecular complexity index is 478. The van der Waals surface area contributed by atoms with Crippen LogP contribution in [0, 0.1) is 5.92 Å². The summed E-state index contributed by atoms with van der Waals surface area (Å²) in [6.45, 7) is 4.92. The number of carbonyl (C=O) groups is 1. The van der Waals surface area contributed by atoms with Crippen molar-refractivity contribution >= 4 is 23.2 Å². The molecular weight excluding hydrogens is 286 g/mol. The molecule has 1 aromatic carbocycles. The number of likely N-dealkylation sites (tertiary alicyclic amines) is 1. The van der Waals surface area contributed by atoms with Crippen molar-refractivity contribution < 1.29 is 4.79 Å². The smallest absolute Gasteiger partial charge is 0.225 e. The summed E-state index contributed by atoms with van der Waals surface area (Å²) in [5, 5.41) is 3.51. The molecule has 2 unspecified atom stereocenters. The van der Waals surface area contributed by atoms with Gasteiger partial charge in [-0.05, 0) is 50.4 Å². The average molecular weight is 310 g/mol. The van der Waals surface area contributed by atoms with E-state index < -0.39 is 0 Å². The highest BCUT2D eigenvalue weighted by molar-refractivity contribution is 6.30. The first-order valence-electron chi connectivity index (χ1n) is 7.58. The lowest BCUT2D eigenvalue weighted by molar-refractivity contribution is -0.116. The topological polar surface area (TPSA) is 58.4 Å². The molecule has 116 valence electrons. The molecule has 5 heteroatoms. The normalized spacial score (nSPS) is 21.0. The van der Waals surface area contributed by atoms with Gasteiger partial charge in [0.15, 0.2) is 0 Å². The number of anilines is 1. The molecule has 1 aliphatic heterocycles. The molecule has 1 saturated heterocycles. The highest BCUT2D eigenvalue weighted by atomic mass is 35.5. The summed E-state index contributed by atoms with van der Waals surface area (Å²) in [5.41, 5.74) is 6.73. The van der Waals surface area contributed by atoms with Crippen LogP contribution in [0.4, 0.5) is 5.69 Å². The molecule has 2 rings (SSSR count). The molecule has 1 aromatic rings. The maximum Gasteiger partial charge on any atom is 0.225 e. The minimum Gasteiger partial charge on any atom is -0.328 e. The summed E-state index contributed by atoms with van der Waals surface area (Å²) in [6.07, 6.45) is 2.86. The van der Waals surface area contributed by atoms with Crippen molar-refractivity contribution in [2.24, 2.45) is 11.7 Å². The molecule has 0 spiro atoms. The zero-order chi connectivity index (χ0) is 15.2. The summed E-state index contributed by atoms with van der Waals surface area (Å²) >= 11 is 5.90. The number of nitrogens with zero attached hydrogens (tertiary/aromatic N) is 1. The van der Waals surface area contributed by atoms with E-state index in [0.29, 0.717) is 17.4 Å². The van der Waals surface area contributed by atoms with E-state index >= 15 is 0 Å². The van der Waals surface area contributed by atoms with Crippen LogP contribution < -0.4 is 11.1 Å². The number of nitrogens with one attached hydrogen (secondary N) is 1. The van der Waals surface area contributed by atoms with Gasteiger partial charge in [-0.25, -0.2) is 0 Å². The first-order valence-corrected chi connectivity index (χ1v) is 7.96. The number of nitrogens with two attached hydrogens (primary N) is 1. The third kappa shape index (κ3) is 5.30. The second kappa shape index (κ2) is 7.78. The molecule has 1 fully saturated rings. The van der Waals surface area contributed by atoms with Crippen molar-refractivity contribution in [1.82, 2.24) is 4.90 Å². The number of piperidine rings is 1. The van der Waals surface area contributed by atoms with E-state index in [1.165, 1.54) is 12.8 Å². The van der Waals surface area contributed by atoms with E-state index in [1.807, 2.05) is 12.1 Å². The predicted molar refractivity (Wildman–Crippen MR) is 87.5 cm³/mol. The number of rotatable bonds is 5. The van der Waals surface area contributed by atoms with Crippen molar-refractivity contribution in [2.75, 3.05) is 25.0 Å². The molecule has 0 aliphatic carbocycles. The van der Waals surface area contributed by atoms with E-state index in [-0.39, 0.29) is 11.9 Å². The predicted octanol–water partition coefficient (Wildman–Crippen LogP) is 2.73. The van der Waals surface area contributed by atoms with E-state index in [0.717, 1.165) is 25.3 Å². The Hall–Kier alpha value is -1.10. The van der Waals surface area contributed by atoms with Gasteiger partial charge in [-0.15, -0.1) is 0 Å². The van der Waals surface area contributed by atoms with Crippen LogP contribution in [0.25, 0.3) is 0 Å². The van der Waals surface area contributed by atoms with Crippen LogP contribution in [-0.2, 0) is 4.79 Å². The molecule has 0 bridgehead atoms. The largest absolute Gasteiger partial charge is 0.328 e. The Kier molecular flexibility index (Phi) is 6.03. The van der Waals surface area contributed by atoms with E-state index in [2.05, 4.69) is 17.1 Å². The number of halogens is 1. The van der Waals surface area contributed by atoms with Crippen LogP contribution in [0.3, 0.4) is 0 Å². The molecule has 0 radical (unpaired) electrons. The zero-order valence-electron chi connectivity index (χ0n) is 12.5. The van der Waals surface area contributed by atoms with Crippen LogP contribution >= 0.6 is 11.6 Å². The summed E-state index contributed by atoms with van der Waals surface area (Å²) in [7, 11) is 0. The average Bonchev–Trinajstić information content (AvgIpc) is 2.45. The van der Waals surface area contributed by atoms with Gasteiger partial charge in [0.1, 0.15) is 0 Å². The van der Waals surface area contributed by atoms with Crippen LogP contribution in [-0.4, -0.2) is 36.5 Å². The monoisotopic (exact) mass is 309 g/mol. The Labute approximate surface area is 131 Å². The van der Waals surface area contributed by atoms with Gasteiger partial charge in [0, 0.05) is 36.3 Å². The van der Waals surface area contributed by atoms with Gasteiger partial charge in [-0.1, -0.05) is 17.7 Å². The van der Waals surface area contributed by atoms with E-state index in [1.54, 1.807) is 12.1 Å². The lowest BCUT2D eigenvalue weighted by atomic mass is 9.92. The van der Waals surface area contributed by atoms with Gasteiger partial charge in [-0.3, -0.25) is 4.79 Å². The zero-order valence-corrected chi connectivity index (χ0v) is 13.3. The fourth-order valence-corrected chi connectivity index (χ4v) is 2.96. The van der Waals surface area contributed by atoms with E-state index in [4.69, 9.17) is 17.3 Å². The second-order valence-corrected chi connectivity index (χ2v) is 6.31. The van der Waals surface area contributed by atoms with Gasteiger partial charge in [0.2, 0.25) is 5.91 Å². The summed E-state index contributed by atoms with van der Waals surface area (Å²) < 4.78 is 0. The van der Waals surface area contributed by atoms with Gasteiger partial charge in [-0.2, -0.15) is 0 Å². The molecule has 21 heavy (non-hydrogen) atoms. The first kappa shape index (κ1) is 16.3. The number of benzene rings is 1. The Morgan fingerprint density at radius 3 is 3.10 bits per heavy atom. The molecule has 3 N–H and O–H groups in total. The van der Waals surface area contributed by atoms with Crippen LogP contribution in [0.5, 0.6) is 0 Å². The number of hydrogen-bond donors (Lipinski definition) is 2. The van der Waals surface area contributed by atoms with E-state index in [9.17, 15) is 4.79 Å². The van der Waals surface area contributed by atoms with Crippen LogP contribution in [0.15, 0.2) is 24.3 Å². The van der Waals surface area contributed by atoms with Gasteiger partial charge >= 0.3 is 0 Å². The molecule has 1 aliphatic rings. The molecule has 1 amide bonds. The third-order valence-electron chi connectivity index (χ3n) is 4.05. The highest BCUT2D eigenvalue weighted by Gasteiger charge is 2.22. The van der Waals surface area contributed by atoms with Crippen molar-refractivity contribution in [3.8, 4) is 0 Å². The fourth-order valence-electron chi connectivity index (χ4n) is 2.77. The number of amides is 1. The second-order valence-electron chi connectivity index (χ2n) is 5.87. The van der Waals surface area contributed by atoms with Gasteiger partial charge in [0.25, 0.3) is 0 Å². The van der Waals surface area contributed by atoms with Crippen LogP contribution in [0.1, 0.15) is 26.2 Å². The standard InChI is InChI=1S/C16H24ClN3O/c1-12(18)13-4-3-8-20(11-13)9-7-16(21)19-15-6-2-5-14(17)10-15/h2,5-6,10,12-13H,3-4,7-9,11,18H2,1H3,(H,19,21). The first-order chi connectivity index (χ1) is 10.0. The Morgan fingerprint density at radius 2 is 2.38 bits per heavy atom. The summed E-state index contributed by atoms with van der Waals surface area (Å²) in [5.74, 6) is 0.579. The minimum atomic E-state index is 0.0280. The molecule has 1 heterocycles. The Morgan fingerprint density at radius 1 is 1.57 bits per heavy atom. The number of hydrogen-bond acceptors (Lipinski definition) is 3. The lowest BCUT2D eigenvalue weighted by Crippen LogP contribution is -2.43. The molecule has 0 aromatic heterocycles. The quantitative estimate of drug-likeness (QED) is 0.879. The van der Waals surface area contributed by atoms with Crippen molar-refractivity contribution in [3.63, 3.8) is 0 Å². The maximum atomic E-state index is 12.0. The molecule has 2 atom stereocenters. The summed E-state index contributed by atoms with van der Waals surface area (Å²) in [6, 6.07) is 7.45. The van der Waals surface area contributed by atoms with Crippen LogP contribution in [0.2, 0.25) is 5.02 Å². The molecule has 0 saturated carbocycles. The fraction of sp³-hybridized carbons (Fsp3) is 0.562. The molecular formula is C16H24ClN3O. The Balaban J connectivity index is 1.76. The van der Waals surface area contributed by atoms with Crippen molar-refractivity contribution in [2.45, 2.75) is 32.2 Å². The third-order valence-corrected chi connectivity index (χ3v) is 4.28. The van der Waals surface area contributed by atoms with Gasteiger partial charge < -0.3 is 16.0 Å². The van der Waals surface area contributed by atoms with Gasteiger partial charge in [0.05, 0.1) is 0 Å². The highest BCUT2D eigenvalue weighted by Crippen LogP contribution is 2.19. The minimum absolute atomic E-state index is 0.0280. The lowest BCUT2D eigenvalue weighted by Gasteiger charge is -2.34. The molecule has 4 nitrogen and oxygen atoms in total. The van der Waals surface area contributed by atoms with Crippen molar-refractivity contribution in [1.29, 1.82) is 0 Å². The maximum absolute atomic E-state index is 12.0.